The maximum Gasteiger partial charge on any atom is 0.272 e. The molecule has 1 fully saturated rings. The Balaban J connectivity index is 2.08. The highest BCUT2D eigenvalue weighted by atomic mass is 16.2. The molecule has 1 heterocycles. The minimum absolute atomic E-state index is 0.176. The van der Waals surface area contributed by atoms with Crippen molar-refractivity contribution in [2.45, 2.75) is 58.4 Å². The zero-order chi connectivity index (χ0) is 14.7. The lowest BCUT2D eigenvalue weighted by Gasteiger charge is -2.17. The molecular formula is C15H24N4O. The van der Waals surface area contributed by atoms with E-state index >= 15 is 0 Å². The lowest BCUT2D eigenvalue weighted by molar-refractivity contribution is 0.0928. The summed E-state index contributed by atoms with van der Waals surface area (Å²) in [7, 11) is 0. The smallest absolute Gasteiger partial charge is 0.272 e. The van der Waals surface area contributed by atoms with E-state index in [1.54, 1.807) is 0 Å². The van der Waals surface area contributed by atoms with Gasteiger partial charge in [0.2, 0.25) is 0 Å². The predicted octanol–water partition coefficient (Wildman–Crippen LogP) is 2.49. The number of carbonyl (C=O) groups is 1. The molecule has 110 valence electrons. The predicted molar refractivity (Wildman–Crippen MR) is 79.4 cm³/mol. The number of nitrogens with zero attached hydrogens (tertiary/aromatic N) is 2. The van der Waals surface area contributed by atoms with Crippen molar-refractivity contribution < 1.29 is 4.79 Å². The summed E-state index contributed by atoms with van der Waals surface area (Å²) in [5, 5.41) is 3.05. The van der Waals surface area contributed by atoms with Crippen LogP contribution in [0.2, 0.25) is 0 Å². The Kier molecular flexibility index (Phi) is 4.57. The first-order chi connectivity index (χ1) is 9.51. The van der Waals surface area contributed by atoms with E-state index in [9.17, 15) is 4.79 Å². The molecule has 0 spiro atoms. The molecule has 20 heavy (non-hydrogen) atoms. The number of nitrogens with two attached hydrogens (primary N) is 1. The number of hydrogen-bond acceptors (Lipinski definition) is 4. The molecule has 1 unspecified atom stereocenters. The van der Waals surface area contributed by atoms with Crippen LogP contribution >= 0.6 is 0 Å². The molecule has 0 bridgehead atoms. The van der Waals surface area contributed by atoms with Gasteiger partial charge in [-0.2, -0.15) is 0 Å². The molecule has 0 saturated heterocycles. The van der Waals surface area contributed by atoms with Crippen LogP contribution in [0, 0.1) is 5.92 Å². The molecule has 1 aromatic rings. The van der Waals surface area contributed by atoms with Crippen LogP contribution in [0.5, 0.6) is 0 Å². The van der Waals surface area contributed by atoms with Gasteiger partial charge in [-0.3, -0.25) is 4.79 Å². The molecule has 1 atom stereocenters. The summed E-state index contributed by atoms with van der Waals surface area (Å²) in [6.45, 7) is 6.08. The molecule has 3 N–H and O–H groups in total. The van der Waals surface area contributed by atoms with Crippen molar-refractivity contribution in [1.29, 1.82) is 0 Å². The highest BCUT2D eigenvalue weighted by Gasteiger charge is 2.26. The maximum absolute atomic E-state index is 12.3. The number of nitrogen functional groups attached to an aromatic ring is 1. The van der Waals surface area contributed by atoms with Gasteiger partial charge in [-0.25, -0.2) is 9.97 Å². The third-order valence-corrected chi connectivity index (χ3v) is 3.71. The van der Waals surface area contributed by atoms with Crippen LogP contribution in [0.3, 0.4) is 0 Å². The minimum atomic E-state index is -0.181. The monoisotopic (exact) mass is 276 g/mol. The lowest BCUT2D eigenvalue weighted by atomic mass is 10.1. The molecule has 1 aromatic heterocycles. The Morgan fingerprint density at radius 2 is 2.20 bits per heavy atom. The van der Waals surface area contributed by atoms with E-state index in [0.717, 1.165) is 18.8 Å². The molecule has 1 amide bonds. The molecule has 1 aliphatic carbocycles. The molecule has 0 aromatic carbocycles. The standard InChI is InChI=1S/C15H24N4O/c1-4-11(7-10-5-6-10)18-15(20)13-12(16)8-17-14(19-13)9(2)3/h8-11H,4-7,16H2,1-3H3,(H,18,20). The fourth-order valence-electron chi connectivity index (χ4n) is 2.20. The Morgan fingerprint density at radius 3 is 2.75 bits per heavy atom. The molecule has 5 nitrogen and oxygen atoms in total. The average Bonchev–Trinajstić information content (AvgIpc) is 3.21. The van der Waals surface area contributed by atoms with E-state index in [2.05, 4.69) is 22.2 Å². The number of rotatable bonds is 6. The molecule has 0 radical (unpaired) electrons. The summed E-state index contributed by atoms with van der Waals surface area (Å²) in [4.78, 5) is 20.8. The number of nitrogens with one attached hydrogen (secondary N) is 1. The normalized spacial score (nSPS) is 16.2. The summed E-state index contributed by atoms with van der Waals surface area (Å²) in [5.41, 5.74) is 6.48. The van der Waals surface area contributed by atoms with Crippen molar-refractivity contribution in [3.05, 3.63) is 17.7 Å². The van der Waals surface area contributed by atoms with E-state index in [1.165, 1.54) is 19.0 Å². The Bertz CT molecular complexity index is 483. The van der Waals surface area contributed by atoms with Crippen LogP contribution in [-0.4, -0.2) is 21.9 Å². The Labute approximate surface area is 120 Å². The molecule has 2 rings (SSSR count). The summed E-state index contributed by atoms with van der Waals surface area (Å²) in [6, 6.07) is 0.215. The van der Waals surface area contributed by atoms with Gasteiger partial charge < -0.3 is 11.1 Å². The first-order valence-electron chi connectivity index (χ1n) is 7.44. The van der Waals surface area contributed by atoms with Crippen LogP contribution in [-0.2, 0) is 0 Å². The summed E-state index contributed by atoms with van der Waals surface area (Å²) >= 11 is 0. The van der Waals surface area contributed by atoms with Gasteiger partial charge in [0.15, 0.2) is 5.69 Å². The highest BCUT2D eigenvalue weighted by Crippen LogP contribution is 2.34. The van der Waals surface area contributed by atoms with Crippen LogP contribution in [0.4, 0.5) is 5.69 Å². The lowest BCUT2D eigenvalue weighted by Crippen LogP contribution is -2.36. The Hall–Kier alpha value is -1.65. The third-order valence-electron chi connectivity index (χ3n) is 3.71. The molecule has 1 saturated carbocycles. The molecule has 1 aliphatic rings. The Morgan fingerprint density at radius 1 is 1.50 bits per heavy atom. The van der Waals surface area contributed by atoms with Crippen molar-refractivity contribution in [3.8, 4) is 0 Å². The second-order valence-corrected chi connectivity index (χ2v) is 5.94. The zero-order valence-corrected chi connectivity index (χ0v) is 12.5. The zero-order valence-electron chi connectivity index (χ0n) is 12.5. The van der Waals surface area contributed by atoms with Gasteiger partial charge in [-0.05, 0) is 18.8 Å². The SMILES string of the molecule is CCC(CC1CC1)NC(=O)c1nc(C(C)C)ncc1N. The second-order valence-electron chi connectivity index (χ2n) is 5.94. The van der Waals surface area contributed by atoms with Crippen LogP contribution < -0.4 is 11.1 Å². The van der Waals surface area contributed by atoms with Crippen molar-refractivity contribution in [1.82, 2.24) is 15.3 Å². The minimum Gasteiger partial charge on any atom is -0.396 e. The largest absolute Gasteiger partial charge is 0.396 e. The van der Waals surface area contributed by atoms with Crippen molar-refractivity contribution >= 4 is 11.6 Å². The van der Waals surface area contributed by atoms with Gasteiger partial charge in [0, 0.05) is 12.0 Å². The van der Waals surface area contributed by atoms with Gasteiger partial charge >= 0.3 is 0 Å². The van der Waals surface area contributed by atoms with E-state index in [0.29, 0.717) is 17.2 Å². The fourth-order valence-corrected chi connectivity index (χ4v) is 2.20. The topological polar surface area (TPSA) is 80.9 Å². The van der Waals surface area contributed by atoms with E-state index in [-0.39, 0.29) is 17.9 Å². The van der Waals surface area contributed by atoms with Crippen molar-refractivity contribution in [3.63, 3.8) is 0 Å². The average molecular weight is 276 g/mol. The molecule has 0 aliphatic heterocycles. The van der Waals surface area contributed by atoms with E-state index in [4.69, 9.17) is 5.73 Å². The van der Waals surface area contributed by atoms with Gasteiger partial charge in [-0.1, -0.05) is 33.6 Å². The summed E-state index contributed by atoms with van der Waals surface area (Å²) in [5.74, 6) is 1.43. The quantitative estimate of drug-likeness (QED) is 0.836. The van der Waals surface area contributed by atoms with Gasteiger partial charge in [-0.15, -0.1) is 0 Å². The number of amides is 1. The van der Waals surface area contributed by atoms with Gasteiger partial charge in [0.1, 0.15) is 5.82 Å². The summed E-state index contributed by atoms with van der Waals surface area (Å²) in [6.07, 6.45) is 6.10. The maximum atomic E-state index is 12.3. The molecular weight excluding hydrogens is 252 g/mol. The van der Waals surface area contributed by atoms with Crippen molar-refractivity contribution in [2.24, 2.45) is 5.92 Å². The van der Waals surface area contributed by atoms with E-state index < -0.39 is 0 Å². The van der Waals surface area contributed by atoms with Crippen LogP contribution in [0.25, 0.3) is 0 Å². The van der Waals surface area contributed by atoms with Gasteiger partial charge in [0.25, 0.3) is 5.91 Å². The van der Waals surface area contributed by atoms with Crippen molar-refractivity contribution in [2.75, 3.05) is 5.73 Å². The van der Waals surface area contributed by atoms with Crippen LogP contribution in [0.1, 0.15) is 68.7 Å². The number of anilines is 1. The highest BCUT2D eigenvalue weighted by molar-refractivity contribution is 5.97. The number of carbonyl (C=O) groups excluding carboxylic acids is 1. The second kappa shape index (κ2) is 6.20. The fraction of sp³-hybridized carbons (Fsp3) is 0.667. The first-order valence-corrected chi connectivity index (χ1v) is 7.44. The van der Waals surface area contributed by atoms with Gasteiger partial charge in [0.05, 0.1) is 11.9 Å². The van der Waals surface area contributed by atoms with E-state index in [1.807, 2.05) is 13.8 Å². The van der Waals surface area contributed by atoms with Crippen LogP contribution in [0.15, 0.2) is 6.20 Å². The number of aromatic nitrogens is 2. The summed E-state index contributed by atoms with van der Waals surface area (Å²) < 4.78 is 0. The first kappa shape index (κ1) is 14.8. The number of hydrogen-bond donors (Lipinski definition) is 2. The third kappa shape index (κ3) is 3.68. The molecule has 5 heteroatoms.